The van der Waals surface area contributed by atoms with Gasteiger partial charge in [0.15, 0.2) is 5.69 Å². The molecule has 0 radical (unpaired) electrons. The highest BCUT2D eigenvalue weighted by atomic mass is 79.9. The highest BCUT2D eigenvalue weighted by Crippen LogP contribution is 2.15. The van der Waals surface area contributed by atoms with Crippen molar-refractivity contribution in [1.82, 2.24) is 24.5 Å². The van der Waals surface area contributed by atoms with Crippen molar-refractivity contribution in [3.63, 3.8) is 0 Å². The number of halogens is 2. The predicted octanol–water partition coefficient (Wildman–Crippen LogP) is 2.21. The van der Waals surface area contributed by atoms with E-state index in [2.05, 4.69) is 36.4 Å². The van der Waals surface area contributed by atoms with E-state index >= 15 is 0 Å². The molecule has 2 heterocycles. The molecule has 0 unspecified atom stereocenters. The van der Waals surface area contributed by atoms with Crippen LogP contribution in [0.1, 0.15) is 16.1 Å². The van der Waals surface area contributed by atoms with E-state index in [0.717, 1.165) is 5.56 Å². The number of hydrogen-bond donors (Lipinski definition) is 1. The Morgan fingerprint density at radius 3 is 2.91 bits per heavy atom. The number of nitrogens with one attached hydrogen (secondary N) is 1. The molecule has 0 bridgehead atoms. The van der Waals surface area contributed by atoms with Crippen LogP contribution in [0.2, 0.25) is 0 Å². The number of hydrogen-bond acceptors (Lipinski definition) is 4. The van der Waals surface area contributed by atoms with Crippen LogP contribution in [0, 0.1) is 5.82 Å². The van der Waals surface area contributed by atoms with Crippen molar-refractivity contribution >= 4 is 27.8 Å². The Labute approximate surface area is 139 Å². The number of anilines is 1. The van der Waals surface area contributed by atoms with Gasteiger partial charge in [-0.15, -0.1) is 5.10 Å². The number of rotatable bonds is 4. The lowest BCUT2D eigenvalue weighted by molar-refractivity contribution is 0.102. The average molecular weight is 379 g/mol. The van der Waals surface area contributed by atoms with Gasteiger partial charge in [0, 0.05) is 13.2 Å². The van der Waals surface area contributed by atoms with Crippen molar-refractivity contribution < 1.29 is 9.18 Å². The monoisotopic (exact) mass is 378 g/mol. The Kier molecular flexibility index (Phi) is 4.20. The van der Waals surface area contributed by atoms with E-state index in [9.17, 15) is 9.18 Å². The highest BCUT2D eigenvalue weighted by molar-refractivity contribution is 9.10. The maximum absolute atomic E-state index is 13.2. The molecule has 0 aliphatic heterocycles. The zero-order valence-corrected chi connectivity index (χ0v) is 13.7. The molecule has 0 aliphatic carbocycles. The van der Waals surface area contributed by atoms with E-state index in [1.54, 1.807) is 25.4 Å². The third-order valence-corrected chi connectivity index (χ3v) is 3.57. The molecular weight excluding hydrogens is 367 g/mol. The number of nitrogens with zero attached hydrogens (tertiary/aromatic N) is 5. The SMILES string of the molecule is Cn1cc(Br)c(C(=O)Nc2ncn(Cc3cccc(F)c3)n2)n1. The number of carbonyl (C=O) groups excluding carboxylic acids is 1. The van der Waals surface area contributed by atoms with E-state index in [0.29, 0.717) is 11.0 Å². The lowest BCUT2D eigenvalue weighted by atomic mass is 10.2. The van der Waals surface area contributed by atoms with Gasteiger partial charge in [-0.05, 0) is 33.6 Å². The Hall–Kier alpha value is -2.55. The van der Waals surface area contributed by atoms with Gasteiger partial charge in [0.1, 0.15) is 12.1 Å². The molecule has 0 atom stereocenters. The van der Waals surface area contributed by atoms with Crippen LogP contribution in [0.3, 0.4) is 0 Å². The largest absolute Gasteiger partial charge is 0.288 e. The third kappa shape index (κ3) is 3.62. The van der Waals surface area contributed by atoms with Gasteiger partial charge in [-0.2, -0.15) is 5.10 Å². The molecule has 0 aliphatic rings. The molecule has 0 saturated heterocycles. The molecule has 118 valence electrons. The second-order valence-electron chi connectivity index (χ2n) is 4.85. The summed E-state index contributed by atoms with van der Waals surface area (Å²) >= 11 is 3.26. The van der Waals surface area contributed by atoms with Crippen LogP contribution in [-0.2, 0) is 13.6 Å². The molecule has 1 aromatic carbocycles. The van der Waals surface area contributed by atoms with Crippen molar-refractivity contribution in [3.05, 3.63) is 58.3 Å². The van der Waals surface area contributed by atoms with Gasteiger partial charge in [0.05, 0.1) is 11.0 Å². The smallest absolute Gasteiger partial charge is 0.279 e. The minimum atomic E-state index is -0.416. The maximum Gasteiger partial charge on any atom is 0.279 e. The first kappa shape index (κ1) is 15.3. The van der Waals surface area contributed by atoms with Gasteiger partial charge in [-0.25, -0.2) is 14.1 Å². The fourth-order valence-corrected chi connectivity index (χ4v) is 2.58. The summed E-state index contributed by atoms with van der Waals surface area (Å²) in [6.07, 6.45) is 3.14. The Morgan fingerprint density at radius 2 is 2.22 bits per heavy atom. The van der Waals surface area contributed by atoms with Gasteiger partial charge < -0.3 is 0 Å². The zero-order valence-electron chi connectivity index (χ0n) is 12.1. The quantitative estimate of drug-likeness (QED) is 0.754. The van der Waals surface area contributed by atoms with Gasteiger partial charge in [-0.1, -0.05) is 12.1 Å². The van der Waals surface area contributed by atoms with Crippen LogP contribution >= 0.6 is 15.9 Å². The summed E-state index contributed by atoms with van der Waals surface area (Å²) in [6.45, 7) is 0.355. The molecule has 7 nitrogen and oxygen atoms in total. The Bertz CT molecular complexity index is 859. The minimum absolute atomic E-state index is 0.156. The fraction of sp³-hybridized carbons (Fsp3) is 0.143. The van der Waals surface area contributed by atoms with E-state index in [-0.39, 0.29) is 17.5 Å². The lowest BCUT2D eigenvalue weighted by Gasteiger charge is -2.01. The standard InChI is InChI=1S/C14H12BrFN6O/c1-21-7-11(15)12(19-21)13(23)18-14-17-8-22(20-14)6-9-3-2-4-10(16)5-9/h2-5,7-8H,6H2,1H3,(H,18,20,23). The van der Waals surface area contributed by atoms with E-state index in [1.807, 2.05) is 0 Å². The summed E-state index contributed by atoms with van der Waals surface area (Å²) in [5, 5.41) is 10.8. The molecule has 2 aromatic heterocycles. The molecule has 0 spiro atoms. The lowest BCUT2D eigenvalue weighted by Crippen LogP contribution is -2.15. The van der Waals surface area contributed by atoms with Crippen molar-refractivity contribution in [2.75, 3.05) is 5.32 Å². The fourth-order valence-electron chi connectivity index (χ4n) is 2.02. The van der Waals surface area contributed by atoms with Gasteiger partial charge in [0.2, 0.25) is 5.95 Å². The molecule has 0 fully saturated rings. The van der Waals surface area contributed by atoms with Crippen molar-refractivity contribution in [2.45, 2.75) is 6.54 Å². The first-order valence-corrected chi connectivity index (χ1v) is 7.45. The van der Waals surface area contributed by atoms with Crippen LogP contribution in [-0.4, -0.2) is 30.5 Å². The van der Waals surface area contributed by atoms with E-state index in [1.165, 1.54) is 27.8 Å². The van der Waals surface area contributed by atoms with Crippen LogP contribution in [0.25, 0.3) is 0 Å². The minimum Gasteiger partial charge on any atom is -0.288 e. The summed E-state index contributed by atoms with van der Waals surface area (Å²) < 4.78 is 16.8. The topological polar surface area (TPSA) is 77.6 Å². The summed E-state index contributed by atoms with van der Waals surface area (Å²) in [4.78, 5) is 16.1. The van der Waals surface area contributed by atoms with Crippen molar-refractivity contribution in [1.29, 1.82) is 0 Å². The van der Waals surface area contributed by atoms with E-state index < -0.39 is 5.91 Å². The Balaban J connectivity index is 1.70. The van der Waals surface area contributed by atoms with Crippen LogP contribution in [0.4, 0.5) is 10.3 Å². The van der Waals surface area contributed by atoms with Crippen molar-refractivity contribution in [2.24, 2.45) is 7.05 Å². The molecule has 1 N–H and O–H groups in total. The molecule has 0 saturated carbocycles. The predicted molar refractivity (Wildman–Crippen MR) is 84.4 cm³/mol. The van der Waals surface area contributed by atoms with Gasteiger partial charge in [-0.3, -0.25) is 14.8 Å². The number of aryl methyl sites for hydroxylation is 1. The second-order valence-corrected chi connectivity index (χ2v) is 5.70. The molecule has 9 heteroatoms. The average Bonchev–Trinajstić information content (AvgIpc) is 3.05. The van der Waals surface area contributed by atoms with Gasteiger partial charge >= 0.3 is 0 Å². The molecule has 3 aromatic rings. The van der Waals surface area contributed by atoms with E-state index in [4.69, 9.17) is 0 Å². The maximum atomic E-state index is 13.2. The first-order valence-electron chi connectivity index (χ1n) is 6.65. The second kappa shape index (κ2) is 6.29. The molecule has 1 amide bonds. The first-order chi connectivity index (χ1) is 11.0. The molecular formula is C14H12BrFN6O. The normalized spacial score (nSPS) is 10.7. The number of aromatic nitrogens is 5. The summed E-state index contributed by atoms with van der Waals surface area (Å²) in [7, 11) is 1.72. The van der Waals surface area contributed by atoms with Gasteiger partial charge in [0.25, 0.3) is 5.91 Å². The van der Waals surface area contributed by atoms with Crippen molar-refractivity contribution in [3.8, 4) is 0 Å². The summed E-state index contributed by atoms with van der Waals surface area (Å²) in [5.41, 5.74) is 0.995. The number of benzene rings is 1. The third-order valence-electron chi connectivity index (χ3n) is 2.99. The van der Waals surface area contributed by atoms with Crippen LogP contribution in [0.15, 0.2) is 41.3 Å². The molecule has 23 heavy (non-hydrogen) atoms. The summed E-state index contributed by atoms with van der Waals surface area (Å²) in [6, 6.07) is 6.21. The number of amides is 1. The van der Waals surface area contributed by atoms with Crippen LogP contribution < -0.4 is 5.32 Å². The molecule has 3 rings (SSSR count). The Morgan fingerprint density at radius 1 is 1.39 bits per heavy atom. The number of carbonyl (C=O) groups is 1. The summed E-state index contributed by atoms with van der Waals surface area (Å²) in [5.74, 6) is -0.568. The highest BCUT2D eigenvalue weighted by Gasteiger charge is 2.16. The zero-order chi connectivity index (χ0) is 16.4. The van der Waals surface area contributed by atoms with Crippen LogP contribution in [0.5, 0.6) is 0 Å².